The van der Waals surface area contributed by atoms with E-state index in [1.807, 2.05) is 30.3 Å². The topological polar surface area (TPSA) is 26.3 Å². The van der Waals surface area contributed by atoms with Gasteiger partial charge in [0, 0.05) is 0 Å². The Bertz CT molecular complexity index is 404. The molecule has 1 atom stereocenters. The first-order chi connectivity index (χ1) is 8.15. The van der Waals surface area contributed by atoms with Crippen LogP contribution in [-0.4, -0.2) is 14.1 Å². The van der Waals surface area contributed by atoms with Crippen molar-refractivity contribution in [3.8, 4) is 0 Å². The highest BCUT2D eigenvalue weighted by Gasteiger charge is 2.40. The number of rotatable bonds is 4. The van der Waals surface area contributed by atoms with Gasteiger partial charge in [0.25, 0.3) is 0 Å². The van der Waals surface area contributed by atoms with Crippen LogP contribution in [0, 0.1) is 0 Å². The largest absolute Gasteiger partial charge is 0.403 e. The average molecular weight is 264 g/mol. The molecule has 1 rings (SSSR count). The number of carbonyl (C=O) groups is 1. The van der Waals surface area contributed by atoms with E-state index in [0.29, 0.717) is 0 Å². The van der Waals surface area contributed by atoms with Crippen LogP contribution in [0.3, 0.4) is 0 Å². The lowest BCUT2D eigenvalue weighted by molar-refractivity contribution is -0.124. The van der Waals surface area contributed by atoms with Crippen molar-refractivity contribution in [2.24, 2.45) is 0 Å². The van der Waals surface area contributed by atoms with Gasteiger partial charge in [-0.05, 0) is 30.6 Å². The molecule has 1 aromatic rings. The van der Waals surface area contributed by atoms with Crippen molar-refractivity contribution in [2.45, 2.75) is 51.9 Å². The minimum Gasteiger partial charge on any atom is -0.403 e. The Hall–Kier alpha value is -0.933. The van der Waals surface area contributed by atoms with Gasteiger partial charge in [0.05, 0.1) is 0 Å². The van der Waals surface area contributed by atoms with E-state index >= 15 is 0 Å². The molecule has 1 aromatic carbocycles. The molecule has 2 nitrogen and oxygen atoms in total. The predicted molar refractivity (Wildman–Crippen MR) is 78.1 cm³/mol. The lowest BCUT2D eigenvalue weighted by Gasteiger charge is -2.38. The Morgan fingerprint density at radius 2 is 1.67 bits per heavy atom. The predicted octanol–water partition coefficient (Wildman–Crippen LogP) is 4.34. The summed E-state index contributed by atoms with van der Waals surface area (Å²) in [7, 11) is -1.93. The van der Waals surface area contributed by atoms with Gasteiger partial charge in [-0.2, -0.15) is 0 Å². The van der Waals surface area contributed by atoms with Crippen molar-refractivity contribution in [1.82, 2.24) is 0 Å². The third-order valence-corrected chi connectivity index (χ3v) is 8.13. The fraction of sp³-hybridized carbons (Fsp3) is 0.533. The van der Waals surface area contributed by atoms with E-state index in [4.69, 9.17) is 4.43 Å². The van der Waals surface area contributed by atoms with E-state index in [2.05, 4.69) is 33.9 Å². The molecule has 0 saturated heterocycles. The molecule has 0 fully saturated rings. The second-order valence-corrected chi connectivity index (χ2v) is 11.0. The summed E-state index contributed by atoms with van der Waals surface area (Å²) in [5, 5.41) is 0.107. The van der Waals surface area contributed by atoms with Crippen LogP contribution in [0.2, 0.25) is 18.1 Å². The molecule has 18 heavy (non-hydrogen) atoms. The number of ketones is 1. The van der Waals surface area contributed by atoms with Crippen molar-refractivity contribution < 1.29 is 9.22 Å². The summed E-state index contributed by atoms with van der Waals surface area (Å²) in [5.41, 5.74) is 0.954. The van der Waals surface area contributed by atoms with E-state index in [9.17, 15) is 4.79 Å². The second-order valence-electron chi connectivity index (χ2n) is 6.28. The number of benzene rings is 1. The summed E-state index contributed by atoms with van der Waals surface area (Å²) in [6, 6.07) is 9.76. The van der Waals surface area contributed by atoms with Gasteiger partial charge >= 0.3 is 0 Å². The smallest absolute Gasteiger partial charge is 0.193 e. The van der Waals surface area contributed by atoms with Crippen LogP contribution in [0.4, 0.5) is 0 Å². The number of hydrogen-bond acceptors (Lipinski definition) is 2. The molecule has 0 spiro atoms. The Balaban J connectivity index is 3.00. The minimum absolute atomic E-state index is 0.0750. The maximum atomic E-state index is 11.8. The van der Waals surface area contributed by atoms with Gasteiger partial charge in [0.15, 0.2) is 14.1 Å². The minimum atomic E-state index is -1.93. The summed E-state index contributed by atoms with van der Waals surface area (Å²) in [6.07, 6.45) is -0.424. The zero-order chi connectivity index (χ0) is 14.0. The molecule has 0 aromatic heterocycles. The molecular weight excluding hydrogens is 240 g/mol. The molecule has 0 amide bonds. The highest BCUT2D eigenvalue weighted by molar-refractivity contribution is 6.74. The van der Waals surface area contributed by atoms with E-state index in [1.165, 1.54) is 0 Å². The van der Waals surface area contributed by atoms with Gasteiger partial charge < -0.3 is 4.43 Å². The highest BCUT2D eigenvalue weighted by Crippen LogP contribution is 2.39. The van der Waals surface area contributed by atoms with Gasteiger partial charge in [-0.1, -0.05) is 51.1 Å². The van der Waals surface area contributed by atoms with E-state index in [0.717, 1.165) is 5.56 Å². The first-order valence-corrected chi connectivity index (χ1v) is 9.29. The van der Waals surface area contributed by atoms with Crippen LogP contribution < -0.4 is 0 Å². The number of hydrogen-bond donors (Lipinski definition) is 0. The zero-order valence-electron chi connectivity index (χ0n) is 12.3. The van der Waals surface area contributed by atoms with Gasteiger partial charge in [0.2, 0.25) is 0 Å². The number of Topliss-reactive ketones (excluding diaryl/α,β-unsaturated/α-hetero) is 1. The number of carbonyl (C=O) groups excluding carboxylic acids is 1. The van der Waals surface area contributed by atoms with E-state index in [-0.39, 0.29) is 10.8 Å². The zero-order valence-corrected chi connectivity index (χ0v) is 13.3. The van der Waals surface area contributed by atoms with E-state index < -0.39 is 14.4 Å². The summed E-state index contributed by atoms with van der Waals surface area (Å²) in [6.45, 7) is 12.5. The highest BCUT2D eigenvalue weighted by atomic mass is 28.4. The first-order valence-electron chi connectivity index (χ1n) is 6.38. The van der Waals surface area contributed by atoms with E-state index in [1.54, 1.807) is 6.92 Å². The van der Waals surface area contributed by atoms with Crippen LogP contribution in [0.5, 0.6) is 0 Å². The van der Waals surface area contributed by atoms with Crippen molar-refractivity contribution in [2.75, 3.05) is 0 Å². The van der Waals surface area contributed by atoms with Crippen molar-refractivity contribution in [1.29, 1.82) is 0 Å². The quantitative estimate of drug-likeness (QED) is 0.756. The molecule has 0 aliphatic heterocycles. The fourth-order valence-electron chi connectivity index (χ4n) is 1.48. The van der Waals surface area contributed by atoms with Crippen LogP contribution in [0.25, 0.3) is 0 Å². The molecular formula is C15H24O2Si. The molecule has 0 aliphatic carbocycles. The lowest BCUT2D eigenvalue weighted by atomic mass is 10.1. The van der Waals surface area contributed by atoms with Crippen molar-refractivity contribution >= 4 is 14.1 Å². The summed E-state index contributed by atoms with van der Waals surface area (Å²) >= 11 is 0. The Morgan fingerprint density at radius 3 is 2.06 bits per heavy atom. The first kappa shape index (κ1) is 15.1. The molecule has 0 saturated carbocycles. The van der Waals surface area contributed by atoms with Crippen molar-refractivity contribution in [3.63, 3.8) is 0 Å². The monoisotopic (exact) mass is 264 g/mol. The third-order valence-electron chi connectivity index (χ3n) is 3.69. The summed E-state index contributed by atoms with van der Waals surface area (Å²) < 4.78 is 6.24. The Labute approximate surface area is 111 Å². The Morgan fingerprint density at radius 1 is 1.17 bits per heavy atom. The average Bonchev–Trinajstić information content (AvgIpc) is 2.25. The second kappa shape index (κ2) is 5.37. The van der Waals surface area contributed by atoms with Gasteiger partial charge in [0.1, 0.15) is 6.10 Å². The van der Waals surface area contributed by atoms with Gasteiger partial charge in [-0.25, -0.2) is 0 Å². The fourth-order valence-corrected chi connectivity index (χ4v) is 2.73. The molecule has 0 N–H and O–H groups in total. The van der Waals surface area contributed by atoms with Crippen LogP contribution >= 0.6 is 0 Å². The molecule has 3 heteroatoms. The SMILES string of the molecule is CC(=O)[C@H](O[Si](C)(C)C(C)(C)C)c1ccccc1. The van der Waals surface area contributed by atoms with Gasteiger partial charge in [-0.15, -0.1) is 0 Å². The molecule has 0 heterocycles. The summed E-state index contributed by atoms with van der Waals surface area (Å²) in [5.74, 6) is 0.0750. The maximum Gasteiger partial charge on any atom is 0.193 e. The maximum absolute atomic E-state index is 11.8. The molecule has 0 aliphatic rings. The lowest BCUT2D eigenvalue weighted by Crippen LogP contribution is -2.43. The third kappa shape index (κ3) is 3.53. The van der Waals surface area contributed by atoms with Crippen LogP contribution in [0.1, 0.15) is 39.4 Å². The van der Waals surface area contributed by atoms with Crippen LogP contribution in [-0.2, 0) is 9.22 Å². The molecule has 100 valence electrons. The Kier molecular flexibility index (Phi) is 4.51. The standard InChI is InChI=1S/C15H24O2Si/c1-12(16)14(13-10-8-7-9-11-13)17-18(5,6)15(2,3)4/h7-11,14H,1-6H3/t14-/m0/s1. The summed E-state index contributed by atoms with van der Waals surface area (Å²) in [4.78, 5) is 11.8. The molecule has 0 bridgehead atoms. The molecule has 0 radical (unpaired) electrons. The van der Waals surface area contributed by atoms with Crippen LogP contribution in [0.15, 0.2) is 30.3 Å². The molecule has 0 unspecified atom stereocenters. The van der Waals surface area contributed by atoms with Gasteiger partial charge in [-0.3, -0.25) is 4.79 Å². The van der Waals surface area contributed by atoms with Crippen molar-refractivity contribution in [3.05, 3.63) is 35.9 Å². The normalized spacial score (nSPS) is 14.3.